The number of carboxylic acid groups (broad SMARTS) is 1. The second-order valence-corrected chi connectivity index (χ2v) is 9.18. The molecule has 0 saturated heterocycles. The van der Waals surface area contributed by atoms with Gasteiger partial charge in [0.15, 0.2) is 0 Å². The minimum absolute atomic E-state index is 0.0822. The number of nitrogens with one attached hydrogen (secondary N) is 1. The first-order chi connectivity index (χ1) is 16.8. The number of nitrogens with zero attached hydrogens (tertiary/aromatic N) is 1. The van der Waals surface area contributed by atoms with Crippen molar-refractivity contribution >= 4 is 23.3 Å². The van der Waals surface area contributed by atoms with Gasteiger partial charge in [-0.1, -0.05) is 24.3 Å². The Morgan fingerprint density at radius 2 is 1.74 bits per heavy atom. The maximum absolute atomic E-state index is 13.1. The topological polar surface area (TPSA) is 78.9 Å². The Balaban J connectivity index is 1.45. The lowest BCUT2D eigenvalue weighted by Crippen LogP contribution is -2.36. The molecule has 2 N–H and O–H groups in total. The Hall–Kier alpha value is -3.80. The van der Waals surface area contributed by atoms with Crippen LogP contribution in [0.4, 0.5) is 11.4 Å². The van der Waals surface area contributed by atoms with E-state index in [0.717, 1.165) is 35.4 Å². The van der Waals surface area contributed by atoms with Crippen LogP contribution >= 0.6 is 0 Å². The molecule has 0 unspecified atom stereocenters. The summed E-state index contributed by atoms with van der Waals surface area (Å²) >= 11 is 0. The van der Waals surface area contributed by atoms with Crippen molar-refractivity contribution in [3.8, 4) is 5.75 Å². The third kappa shape index (κ3) is 5.32. The predicted molar refractivity (Wildman–Crippen MR) is 139 cm³/mol. The number of ether oxygens (including phenoxy) is 1. The van der Waals surface area contributed by atoms with Crippen molar-refractivity contribution in [2.24, 2.45) is 0 Å². The van der Waals surface area contributed by atoms with Crippen LogP contribution in [0.3, 0.4) is 0 Å². The number of likely N-dealkylation sites (N-methyl/N-ethyl adjacent to an activating group) is 1. The van der Waals surface area contributed by atoms with Crippen molar-refractivity contribution in [1.29, 1.82) is 0 Å². The molecule has 1 heterocycles. The fourth-order valence-electron chi connectivity index (χ4n) is 4.96. The summed E-state index contributed by atoms with van der Waals surface area (Å²) in [6.07, 6.45) is 0.879. The highest BCUT2D eigenvalue weighted by atomic mass is 16.5. The Morgan fingerprint density at radius 1 is 1.03 bits per heavy atom. The molecule has 1 aliphatic heterocycles. The zero-order chi connectivity index (χ0) is 25.1. The van der Waals surface area contributed by atoms with Gasteiger partial charge in [-0.05, 0) is 92.3 Å². The first kappa shape index (κ1) is 24.3. The van der Waals surface area contributed by atoms with Gasteiger partial charge in [-0.3, -0.25) is 9.59 Å². The van der Waals surface area contributed by atoms with E-state index in [0.29, 0.717) is 23.4 Å². The third-order valence-electron chi connectivity index (χ3n) is 6.66. The van der Waals surface area contributed by atoms with E-state index >= 15 is 0 Å². The van der Waals surface area contributed by atoms with Gasteiger partial charge < -0.3 is 20.1 Å². The van der Waals surface area contributed by atoms with Gasteiger partial charge in [-0.2, -0.15) is 0 Å². The maximum atomic E-state index is 13.1. The molecule has 6 heteroatoms. The van der Waals surface area contributed by atoms with Gasteiger partial charge in [-0.25, -0.2) is 0 Å². The van der Waals surface area contributed by atoms with Crippen molar-refractivity contribution in [3.05, 3.63) is 88.0 Å². The number of carbonyl (C=O) groups excluding carboxylic acids is 1. The lowest BCUT2D eigenvalue weighted by molar-refractivity contribution is -0.136. The van der Waals surface area contributed by atoms with Crippen molar-refractivity contribution in [2.75, 3.05) is 23.4 Å². The molecular weight excluding hydrogens is 440 g/mol. The van der Waals surface area contributed by atoms with Crippen LogP contribution in [0.15, 0.2) is 54.6 Å². The summed E-state index contributed by atoms with van der Waals surface area (Å²) in [5, 5.41) is 12.0. The molecule has 0 bridgehead atoms. The van der Waals surface area contributed by atoms with Crippen molar-refractivity contribution in [3.63, 3.8) is 0 Å². The van der Waals surface area contributed by atoms with Crippen LogP contribution < -0.4 is 15.0 Å². The van der Waals surface area contributed by atoms with E-state index in [1.165, 1.54) is 11.3 Å². The molecule has 0 spiro atoms. The smallest absolute Gasteiger partial charge is 0.307 e. The van der Waals surface area contributed by atoms with E-state index in [4.69, 9.17) is 9.84 Å². The summed E-state index contributed by atoms with van der Waals surface area (Å²) in [6, 6.07) is 17.9. The van der Waals surface area contributed by atoms with Crippen LogP contribution in [0, 0.1) is 20.8 Å². The Bertz CT molecular complexity index is 1240. The van der Waals surface area contributed by atoms with Crippen molar-refractivity contribution < 1.29 is 19.4 Å². The Kier molecular flexibility index (Phi) is 7.10. The molecule has 3 aromatic carbocycles. The maximum Gasteiger partial charge on any atom is 0.307 e. The lowest BCUT2D eigenvalue weighted by atomic mass is 10.0. The lowest BCUT2D eigenvalue weighted by Gasteiger charge is -2.26. The highest BCUT2D eigenvalue weighted by Gasteiger charge is 2.28. The Morgan fingerprint density at radius 3 is 2.43 bits per heavy atom. The second kappa shape index (κ2) is 10.2. The number of para-hydroxylation sites is 1. The number of carbonyl (C=O) groups is 2. The number of aliphatic carboxylic acids is 1. The van der Waals surface area contributed by atoms with E-state index in [1.54, 1.807) is 12.1 Å². The zero-order valence-electron chi connectivity index (χ0n) is 20.7. The molecule has 3 aromatic rings. The first-order valence-electron chi connectivity index (χ1n) is 12.0. The molecule has 6 nitrogen and oxygen atoms in total. The molecule has 35 heavy (non-hydrogen) atoms. The summed E-state index contributed by atoms with van der Waals surface area (Å²) < 4.78 is 6.20. The highest BCUT2D eigenvalue weighted by molar-refractivity contribution is 6.06. The molecule has 1 atom stereocenters. The van der Waals surface area contributed by atoms with Gasteiger partial charge in [0.1, 0.15) is 12.4 Å². The average Bonchev–Trinajstić information content (AvgIpc) is 3.16. The van der Waals surface area contributed by atoms with Gasteiger partial charge in [0.25, 0.3) is 5.91 Å². The van der Waals surface area contributed by atoms with Crippen LogP contribution in [-0.4, -0.2) is 36.2 Å². The molecule has 0 aromatic heterocycles. The fourth-order valence-corrected chi connectivity index (χ4v) is 4.96. The van der Waals surface area contributed by atoms with Crippen LogP contribution in [-0.2, 0) is 17.6 Å². The SMILES string of the molecule is CCN1c2ccccc2C[C@@H]1COc1cc(C)c(C(=O)Nc2ccc(C)c(CC(=O)O)c2)c(C)c1. The molecule has 4 rings (SSSR count). The molecule has 0 radical (unpaired) electrons. The normalized spacial score (nSPS) is 14.5. The predicted octanol–water partition coefficient (Wildman–Crippen LogP) is 5.32. The van der Waals surface area contributed by atoms with Crippen LogP contribution in [0.5, 0.6) is 5.75 Å². The van der Waals surface area contributed by atoms with Crippen LogP contribution in [0.2, 0.25) is 0 Å². The minimum Gasteiger partial charge on any atom is -0.491 e. The third-order valence-corrected chi connectivity index (χ3v) is 6.66. The standard InChI is InChI=1S/C29H32N2O4/c1-5-31-24(15-21-8-6-7-9-26(21)31)17-35-25-12-19(3)28(20(4)13-25)29(34)30-23-11-10-18(2)22(14-23)16-27(32)33/h6-14,24H,5,15-17H2,1-4H3,(H,30,34)(H,32,33)/t24-/m1/s1. The highest BCUT2D eigenvalue weighted by Crippen LogP contribution is 2.32. The van der Waals surface area contributed by atoms with Crippen LogP contribution in [0.25, 0.3) is 0 Å². The number of benzene rings is 3. The number of hydrogen-bond acceptors (Lipinski definition) is 4. The number of hydrogen-bond donors (Lipinski definition) is 2. The summed E-state index contributed by atoms with van der Waals surface area (Å²) in [4.78, 5) is 26.6. The van der Waals surface area contributed by atoms with Gasteiger partial charge in [0, 0.05) is 23.5 Å². The average molecular weight is 473 g/mol. The minimum atomic E-state index is -0.901. The summed E-state index contributed by atoms with van der Waals surface area (Å²) in [7, 11) is 0. The summed E-state index contributed by atoms with van der Waals surface area (Å²) in [5.41, 5.74) is 7.04. The number of rotatable bonds is 8. The van der Waals surface area contributed by atoms with E-state index in [1.807, 2.05) is 39.0 Å². The second-order valence-electron chi connectivity index (χ2n) is 9.18. The molecule has 1 aliphatic rings. The Labute approximate surface area is 206 Å². The van der Waals surface area contributed by atoms with Crippen molar-refractivity contribution in [1.82, 2.24) is 0 Å². The molecule has 1 amide bonds. The largest absolute Gasteiger partial charge is 0.491 e. The van der Waals surface area contributed by atoms with Gasteiger partial charge in [-0.15, -0.1) is 0 Å². The summed E-state index contributed by atoms with van der Waals surface area (Å²) in [5.74, 6) is -0.370. The number of amides is 1. The van der Waals surface area contributed by atoms with Gasteiger partial charge in [0.05, 0.1) is 12.5 Å². The number of aryl methyl sites for hydroxylation is 3. The van der Waals surface area contributed by atoms with E-state index in [-0.39, 0.29) is 18.4 Å². The molecule has 0 aliphatic carbocycles. The fraction of sp³-hybridized carbons (Fsp3) is 0.310. The first-order valence-corrected chi connectivity index (χ1v) is 12.0. The quantitative estimate of drug-likeness (QED) is 0.464. The monoisotopic (exact) mass is 472 g/mol. The van der Waals surface area contributed by atoms with E-state index in [2.05, 4.69) is 41.4 Å². The zero-order valence-corrected chi connectivity index (χ0v) is 20.7. The number of anilines is 2. The van der Waals surface area contributed by atoms with Crippen LogP contribution in [0.1, 0.15) is 45.1 Å². The molecule has 182 valence electrons. The summed E-state index contributed by atoms with van der Waals surface area (Å²) in [6.45, 7) is 9.33. The van der Waals surface area contributed by atoms with Gasteiger partial charge >= 0.3 is 5.97 Å². The van der Waals surface area contributed by atoms with Gasteiger partial charge in [0.2, 0.25) is 0 Å². The molecule has 0 fully saturated rings. The van der Waals surface area contributed by atoms with E-state index in [9.17, 15) is 9.59 Å². The number of fused-ring (bicyclic) bond motifs is 1. The van der Waals surface area contributed by atoms with E-state index < -0.39 is 5.97 Å². The number of carboxylic acids is 1. The molecular formula is C29H32N2O4. The van der Waals surface area contributed by atoms with Crippen molar-refractivity contribution in [2.45, 2.75) is 46.6 Å². The molecule has 0 saturated carbocycles.